The molecule has 1 radical (unpaired) electrons. The van der Waals surface area contributed by atoms with Crippen LogP contribution in [0.5, 0.6) is 0 Å². The van der Waals surface area contributed by atoms with Crippen LogP contribution in [0.2, 0.25) is 0 Å². The molecule has 0 aliphatic heterocycles. The number of benzene rings is 1. The topological polar surface area (TPSA) is 17.1 Å². The number of halogens is 1. The Balaban J connectivity index is 2.58. The van der Waals surface area contributed by atoms with Gasteiger partial charge in [0.25, 0.3) is 0 Å². The van der Waals surface area contributed by atoms with Crippen LogP contribution in [-0.4, -0.2) is 6.29 Å². The Hall–Kier alpha value is -0.380. The molecule has 1 aromatic rings. The second-order valence-corrected chi connectivity index (χ2v) is 3.52. The van der Waals surface area contributed by atoms with Gasteiger partial charge < -0.3 is 0 Å². The number of hydrogen-bond acceptors (Lipinski definition) is 1. The molecule has 0 atom stereocenters. The zero-order valence-corrected chi connectivity index (χ0v) is 8.17. The normalized spacial score (nSPS) is 9.55. The number of rotatable bonds is 3. The van der Waals surface area contributed by atoms with E-state index in [1.165, 1.54) is 9.13 Å². The predicted octanol–water partition coefficient (Wildman–Crippen LogP) is 2.33. The van der Waals surface area contributed by atoms with Crippen LogP contribution in [0.4, 0.5) is 0 Å². The van der Waals surface area contributed by atoms with Crippen molar-refractivity contribution in [3.05, 3.63) is 33.4 Å². The summed E-state index contributed by atoms with van der Waals surface area (Å²) in [4.78, 5) is 9.92. The van der Waals surface area contributed by atoms with E-state index >= 15 is 0 Å². The highest BCUT2D eigenvalue weighted by Gasteiger charge is 1.91. The van der Waals surface area contributed by atoms with Crippen molar-refractivity contribution in [2.24, 2.45) is 0 Å². The molecule has 0 spiro atoms. The summed E-state index contributed by atoms with van der Waals surface area (Å²) in [6.07, 6.45) is 3.19. The van der Waals surface area contributed by atoms with Gasteiger partial charge in [-0.15, -0.1) is 0 Å². The minimum atomic E-state index is 0.501. The van der Waals surface area contributed by atoms with E-state index in [0.29, 0.717) is 6.42 Å². The van der Waals surface area contributed by atoms with Crippen LogP contribution in [0.15, 0.2) is 24.3 Å². The fourth-order valence-corrected chi connectivity index (χ4v) is 1.21. The maximum Gasteiger partial charge on any atom is 0.198 e. The lowest BCUT2D eigenvalue weighted by molar-refractivity contribution is 0.551. The Bertz CT molecular complexity index is 228. The van der Waals surface area contributed by atoms with E-state index in [4.69, 9.17) is 0 Å². The zero-order valence-electron chi connectivity index (χ0n) is 6.01. The van der Waals surface area contributed by atoms with Crippen molar-refractivity contribution >= 4 is 28.9 Å². The van der Waals surface area contributed by atoms with Crippen molar-refractivity contribution in [3.63, 3.8) is 0 Å². The maximum atomic E-state index is 9.92. The highest BCUT2D eigenvalue weighted by atomic mass is 127. The summed E-state index contributed by atoms with van der Waals surface area (Å²) in [6.45, 7) is 0. The van der Waals surface area contributed by atoms with Crippen molar-refractivity contribution < 1.29 is 4.79 Å². The summed E-state index contributed by atoms with van der Waals surface area (Å²) >= 11 is 2.26. The van der Waals surface area contributed by atoms with Crippen molar-refractivity contribution in [1.82, 2.24) is 0 Å². The highest BCUT2D eigenvalue weighted by Crippen LogP contribution is 2.07. The van der Waals surface area contributed by atoms with E-state index in [0.717, 1.165) is 6.42 Å². The Morgan fingerprint density at radius 1 is 1.27 bits per heavy atom. The van der Waals surface area contributed by atoms with E-state index in [9.17, 15) is 4.79 Å². The molecule has 0 aromatic heterocycles. The molecule has 0 N–H and O–H groups in total. The van der Waals surface area contributed by atoms with E-state index in [1.807, 2.05) is 30.6 Å². The summed E-state index contributed by atoms with van der Waals surface area (Å²) in [5.41, 5.74) is 1.20. The molecule has 0 heterocycles. The van der Waals surface area contributed by atoms with Gasteiger partial charge in [-0.3, -0.25) is 4.79 Å². The molecule has 0 fully saturated rings. The van der Waals surface area contributed by atoms with Crippen molar-refractivity contribution in [1.29, 1.82) is 0 Å². The monoisotopic (exact) mass is 259 g/mol. The lowest BCUT2D eigenvalue weighted by atomic mass is 10.1. The largest absolute Gasteiger partial charge is 0.291 e. The van der Waals surface area contributed by atoms with Crippen molar-refractivity contribution in [2.45, 2.75) is 12.8 Å². The fourth-order valence-electron chi connectivity index (χ4n) is 0.846. The summed E-state index contributed by atoms with van der Waals surface area (Å²) in [7, 11) is 0. The van der Waals surface area contributed by atoms with Crippen LogP contribution >= 0.6 is 22.6 Å². The number of aryl methyl sites for hydroxylation is 1. The van der Waals surface area contributed by atoms with Crippen LogP contribution in [0.3, 0.4) is 0 Å². The first-order chi connectivity index (χ1) is 5.33. The highest BCUT2D eigenvalue weighted by molar-refractivity contribution is 14.1. The second-order valence-electron chi connectivity index (χ2n) is 2.27. The van der Waals surface area contributed by atoms with Crippen LogP contribution in [-0.2, 0) is 11.2 Å². The molecule has 57 valence electrons. The van der Waals surface area contributed by atoms with Crippen LogP contribution in [0, 0.1) is 3.57 Å². The molecule has 0 aliphatic carbocycles. The first-order valence-electron chi connectivity index (χ1n) is 3.42. The first-order valence-corrected chi connectivity index (χ1v) is 4.50. The van der Waals surface area contributed by atoms with Crippen LogP contribution < -0.4 is 0 Å². The van der Waals surface area contributed by atoms with Crippen LogP contribution in [0.1, 0.15) is 12.0 Å². The Labute approximate surface area is 79.9 Å². The van der Waals surface area contributed by atoms with Gasteiger partial charge in [0.15, 0.2) is 6.29 Å². The Morgan fingerprint density at radius 2 is 1.91 bits per heavy atom. The second kappa shape index (κ2) is 4.49. The zero-order chi connectivity index (χ0) is 8.10. The quantitative estimate of drug-likeness (QED) is 0.761. The molecular weight excluding hydrogens is 251 g/mol. The van der Waals surface area contributed by atoms with Gasteiger partial charge in [-0.05, 0) is 46.7 Å². The van der Waals surface area contributed by atoms with E-state index < -0.39 is 0 Å². The molecule has 11 heavy (non-hydrogen) atoms. The molecular formula is C9H8IO. The van der Waals surface area contributed by atoms with Gasteiger partial charge in [0.1, 0.15) is 0 Å². The van der Waals surface area contributed by atoms with E-state index in [2.05, 4.69) is 22.6 Å². The van der Waals surface area contributed by atoms with Crippen molar-refractivity contribution in [2.75, 3.05) is 0 Å². The first kappa shape index (κ1) is 8.71. The standard InChI is InChI=1S/C9H8IO/c10-9-5-3-8(4-6-9)2-1-7-11/h3-6H,1-2H2. The SMILES string of the molecule is O=[C]CCc1ccc(I)cc1. The molecule has 1 aromatic carbocycles. The third kappa shape index (κ3) is 3.01. The average Bonchev–Trinajstić information content (AvgIpc) is 2.04. The number of carbonyl (C=O) groups excluding carboxylic acids is 1. The van der Waals surface area contributed by atoms with Gasteiger partial charge in [0, 0.05) is 9.99 Å². The van der Waals surface area contributed by atoms with Gasteiger partial charge in [0.05, 0.1) is 0 Å². The minimum Gasteiger partial charge on any atom is -0.291 e. The Morgan fingerprint density at radius 3 is 2.45 bits per heavy atom. The van der Waals surface area contributed by atoms with Gasteiger partial charge in [-0.2, -0.15) is 0 Å². The molecule has 0 bridgehead atoms. The molecule has 2 heteroatoms. The summed E-state index contributed by atoms with van der Waals surface area (Å²) in [6, 6.07) is 8.17. The van der Waals surface area contributed by atoms with E-state index in [-0.39, 0.29) is 0 Å². The third-order valence-electron chi connectivity index (χ3n) is 1.43. The molecule has 0 saturated heterocycles. The van der Waals surface area contributed by atoms with E-state index in [1.54, 1.807) is 0 Å². The number of hydrogen-bond donors (Lipinski definition) is 0. The molecule has 0 saturated carbocycles. The minimum absolute atomic E-state index is 0.501. The predicted molar refractivity (Wildman–Crippen MR) is 53.2 cm³/mol. The molecule has 1 rings (SSSR count). The van der Waals surface area contributed by atoms with Gasteiger partial charge >= 0.3 is 0 Å². The summed E-state index contributed by atoms with van der Waals surface area (Å²) < 4.78 is 1.22. The summed E-state index contributed by atoms with van der Waals surface area (Å²) in [5, 5.41) is 0. The average molecular weight is 259 g/mol. The lowest BCUT2D eigenvalue weighted by Crippen LogP contribution is -1.85. The summed E-state index contributed by atoms with van der Waals surface area (Å²) in [5.74, 6) is 0. The third-order valence-corrected chi connectivity index (χ3v) is 2.15. The molecule has 0 aliphatic rings. The van der Waals surface area contributed by atoms with Gasteiger partial charge in [-0.25, -0.2) is 0 Å². The maximum absolute atomic E-state index is 9.92. The van der Waals surface area contributed by atoms with Crippen LogP contribution in [0.25, 0.3) is 0 Å². The Kier molecular flexibility index (Phi) is 3.56. The molecule has 0 amide bonds. The smallest absolute Gasteiger partial charge is 0.198 e. The van der Waals surface area contributed by atoms with Gasteiger partial charge in [0.2, 0.25) is 0 Å². The lowest BCUT2D eigenvalue weighted by Gasteiger charge is -1.95. The molecule has 0 unspecified atom stereocenters. The van der Waals surface area contributed by atoms with Gasteiger partial charge in [-0.1, -0.05) is 12.1 Å². The van der Waals surface area contributed by atoms with Crippen molar-refractivity contribution in [3.8, 4) is 0 Å². The fraction of sp³-hybridized carbons (Fsp3) is 0.222. The molecule has 1 nitrogen and oxygen atoms in total.